The summed E-state index contributed by atoms with van der Waals surface area (Å²) < 4.78 is 5.57. The second-order valence-electron chi connectivity index (χ2n) is 7.18. The van der Waals surface area contributed by atoms with Crippen molar-refractivity contribution in [2.75, 3.05) is 39.9 Å². The van der Waals surface area contributed by atoms with Crippen molar-refractivity contribution in [3.8, 4) is 0 Å². The molecular weight excluding hydrogens is 316 g/mol. The first-order valence-electron chi connectivity index (χ1n) is 9.50. The van der Waals surface area contributed by atoms with E-state index in [4.69, 9.17) is 4.74 Å². The van der Waals surface area contributed by atoms with Crippen LogP contribution in [0.3, 0.4) is 0 Å². The second-order valence-corrected chi connectivity index (χ2v) is 7.18. The normalized spacial score (nSPS) is 21.9. The van der Waals surface area contributed by atoms with Gasteiger partial charge in [0.05, 0.1) is 19.4 Å². The number of guanidine groups is 1. The molecule has 0 amide bonds. The van der Waals surface area contributed by atoms with Crippen LogP contribution in [0.4, 0.5) is 0 Å². The molecule has 7 nitrogen and oxygen atoms in total. The highest BCUT2D eigenvalue weighted by atomic mass is 16.5. The number of morpholine rings is 1. The number of nitrogens with one attached hydrogen (secondary N) is 3. The van der Waals surface area contributed by atoms with Crippen LogP contribution in [0.25, 0.3) is 0 Å². The van der Waals surface area contributed by atoms with Gasteiger partial charge in [0, 0.05) is 50.0 Å². The van der Waals surface area contributed by atoms with Gasteiger partial charge in [-0.25, -0.2) is 0 Å². The van der Waals surface area contributed by atoms with Crippen molar-refractivity contribution in [3.05, 3.63) is 17.5 Å². The molecule has 0 aromatic carbocycles. The summed E-state index contributed by atoms with van der Waals surface area (Å²) in [6.45, 7) is 7.51. The summed E-state index contributed by atoms with van der Waals surface area (Å²) in [4.78, 5) is 7.05. The minimum absolute atomic E-state index is 0.241. The van der Waals surface area contributed by atoms with Crippen molar-refractivity contribution in [3.63, 3.8) is 0 Å². The van der Waals surface area contributed by atoms with Crippen LogP contribution in [-0.4, -0.2) is 66.5 Å². The average molecular weight is 348 g/mol. The third-order valence-electron chi connectivity index (χ3n) is 5.66. The van der Waals surface area contributed by atoms with E-state index in [1.165, 1.54) is 37.7 Å². The lowest BCUT2D eigenvalue weighted by Gasteiger charge is -2.48. The Kier molecular flexibility index (Phi) is 6.31. The molecule has 1 aliphatic carbocycles. The molecule has 0 atom stereocenters. The van der Waals surface area contributed by atoms with Gasteiger partial charge in [-0.2, -0.15) is 5.10 Å². The molecule has 0 unspecified atom stereocenters. The minimum Gasteiger partial charge on any atom is -0.379 e. The number of aromatic nitrogens is 2. The molecule has 1 saturated carbocycles. The number of aromatic amines is 1. The third-order valence-corrected chi connectivity index (χ3v) is 5.66. The van der Waals surface area contributed by atoms with E-state index in [-0.39, 0.29) is 5.54 Å². The molecule has 2 aliphatic rings. The zero-order chi connectivity index (χ0) is 17.5. The molecule has 0 bridgehead atoms. The Morgan fingerprint density at radius 3 is 2.68 bits per heavy atom. The van der Waals surface area contributed by atoms with Gasteiger partial charge < -0.3 is 15.4 Å². The summed E-state index contributed by atoms with van der Waals surface area (Å²) in [7, 11) is 1.83. The Balaban J connectivity index is 1.58. The SMILES string of the molecule is CN=C(NCc1cn[nH]c1C)NCC1(N2CCOCC2)CCCCC1. The predicted octanol–water partition coefficient (Wildman–Crippen LogP) is 1.42. The first-order valence-corrected chi connectivity index (χ1v) is 9.50. The molecular formula is C18H32N6O. The Morgan fingerprint density at radius 2 is 2.04 bits per heavy atom. The van der Waals surface area contributed by atoms with Gasteiger partial charge in [0.2, 0.25) is 0 Å². The zero-order valence-electron chi connectivity index (χ0n) is 15.6. The molecule has 1 aliphatic heterocycles. The maximum absolute atomic E-state index is 5.57. The Morgan fingerprint density at radius 1 is 1.28 bits per heavy atom. The van der Waals surface area contributed by atoms with Crippen molar-refractivity contribution in [2.24, 2.45) is 4.99 Å². The van der Waals surface area contributed by atoms with Gasteiger partial charge in [0.25, 0.3) is 0 Å². The van der Waals surface area contributed by atoms with Gasteiger partial charge in [0.1, 0.15) is 0 Å². The van der Waals surface area contributed by atoms with E-state index in [1.807, 2.05) is 20.2 Å². The fraction of sp³-hybridized carbons (Fsp3) is 0.778. The molecule has 1 saturated heterocycles. The van der Waals surface area contributed by atoms with E-state index < -0.39 is 0 Å². The zero-order valence-corrected chi connectivity index (χ0v) is 15.6. The smallest absolute Gasteiger partial charge is 0.191 e. The molecule has 140 valence electrons. The summed E-state index contributed by atoms with van der Waals surface area (Å²) >= 11 is 0. The number of aliphatic imine (C=N–C) groups is 1. The Hall–Kier alpha value is -1.60. The van der Waals surface area contributed by atoms with Gasteiger partial charge in [0.15, 0.2) is 5.96 Å². The van der Waals surface area contributed by atoms with E-state index >= 15 is 0 Å². The van der Waals surface area contributed by atoms with Crippen LogP contribution in [0.1, 0.15) is 43.4 Å². The number of hydrogen-bond acceptors (Lipinski definition) is 4. The molecule has 2 fully saturated rings. The maximum Gasteiger partial charge on any atom is 0.191 e. The highest BCUT2D eigenvalue weighted by Gasteiger charge is 2.38. The van der Waals surface area contributed by atoms with E-state index in [2.05, 4.69) is 30.7 Å². The fourth-order valence-electron chi connectivity index (χ4n) is 4.05. The Bertz CT molecular complexity index is 558. The molecule has 0 radical (unpaired) electrons. The van der Waals surface area contributed by atoms with Gasteiger partial charge in [-0.3, -0.25) is 15.0 Å². The number of rotatable bonds is 5. The quantitative estimate of drug-likeness (QED) is 0.554. The fourth-order valence-corrected chi connectivity index (χ4v) is 4.05. The highest BCUT2D eigenvalue weighted by molar-refractivity contribution is 5.79. The molecule has 25 heavy (non-hydrogen) atoms. The minimum atomic E-state index is 0.241. The molecule has 0 spiro atoms. The van der Waals surface area contributed by atoms with Gasteiger partial charge in [-0.15, -0.1) is 0 Å². The molecule has 3 rings (SSSR count). The number of ether oxygens (including phenoxy) is 1. The van der Waals surface area contributed by atoms with E-state index in [1.54, 1.807) is 0 Å². The molecule has 7 heteroatoms. The molecule has 1 aromatic heterocycles. The van der Waals surface area contributed by atoms with Crippen LogP contribution < -0.4 is 10.6 Å². The maximum atomic E-state index is 5.57. The van der Waals surface area contributed by atoms with Gasteiger partial charge >= 0.3 is 0 Å². The first kappa shape index (κ1) is 18.2. The van der Waals surface area contributed by atoms with Crippen LogP contribution in [0.2, 0.25) is 0 Å². The lowest BCUT2D eigenvalue weighted by Crippen LogP contribution is -2.60. The number of nitrogens with zero attached hydrogens (tertiary/aromatic N) is 3. The number of aryl methyl sites for hydroxylation is 1. The second kappa shape index (κ2) is 8.67. The lowest BCUT2D eigenvalue weighted by molar-refractivity contribution is -0.0352. The van der Waals surface area contributed by atoms with Crippen molar-refractivity contribution >= 4 is 5.96 Å². The lowest BCUT2D eigenvalue weighted by atomic mass is 9.80. The Labute approximate surface area is 150 Å². The van der Waals surface area contributed by atoms with Crippen molar-refractivity contribution in [1.29, 1.82) is 0 Å². The van der Waals surface area contributed by atoms with E-state index in [0.717, 1.165) is 51.0 Å². The van der Waals surface area contributed by atoms with E-state index in [9.17, 15) is 0 Å². The summed E-state index contributed by atoms with van der Waals surface area (Å²) in [6.07, 6.45) is 8.39. The summed E-state index contributed by atoms with van der Waals surface area (Å²) in [5.41, 5.74) is 2.51. The van der Waals surface area contributed by atoms with Crippen molar-refractivity contribution in [1.82, 2.24) is 25.7 Å². The topological polar surface area (TPSA) is 77.6 Å². The third kappa shape index (κ3) is 4.52. The number of H-pyrrole nitrogens is 1. The average Bonchev–Trinajstić information content (AvgIpc) is 3.08. The van der Waals surface area contributed by atoms with Crippen LogP contribution in [-0.2, 0) is 11.3 Å². The molecule has 2 heterocycles. The summed E-state index contributed by atoms with van der Waals surface area (Å²) in [6, 6.07) is 0. The summed E-state index contributed by atoms with van der Waals surface area (Å²) in [5.74, 6) is 0.860. The van der Waals surface area contributed by atoms with Crippen LogP contribution in [0.5, 0.6) is 0 Å². The van der Waals surface area contributed by atoms with Gasteiger partial charge in [-0.05, 0) is 19.8 Å². The number of hydrogen-bond donors (Lipinski definition) is 3. The van der Waals surface area contributed by atoms with Crippen molar-refractivity contribution < 1.29 is 4.74 Å². The molecule has 3 N–H and O–H groups in total. The van der Waals surface area contributed by atoms with Crippen molar-refractivity contribution in [2.45, 2.75) is 51.1 Å². The largest absolute Gasteiger partial charge is 0.379 e. The first-order chi connectivity index (χ1) is 12.2. The van der Waals surface area contributed by atoms with Crippen LogP contribution in [0, 0.1) is 6.92 Å². The standard InChI is InChI=1S/C18H32N6O/c1-15-16(13-22-23-15)12-20-17(19-2)21-14-18(6-4-3-5-7-18)24-8-10-25-11-9-24/h13H,3-12,14H2,1-2H3,(H,22,23)(H2,19,20,21). The summed E-state index contributed by atoms with van der Waals surface area (Å²) in [5, 5.41) is 14.0. The highest BCUT2D eigenvalue weighted by Crippen LogP contribution is 2.33. The predicted molar refractivity (Wildman–Crippen MR) is 99.7 cm³/mol. The van der Waals surface area contributed by atoms with Crippen LogP contribution in [0.15, 0.2) is 11.2 Å². The van der Waals surface area contributed by atoms with E-state index in [0.29, 0.717) is 0 Å². The van der Waals surface area contributed by atoms with Gasteiger partial charge in [-0.1, -0.05) is 19.3 Å². The monoisotopic (exact) mass is 348 g/mol. The van der Waals surface area contributed by atoms with Crippen LogP contribution >= 0.6 is 0 Å². The molecule has 1 aromatic rings.